The summed E-state index contributed by atoms with van der Waals surface area (Å²) in [7, 11) is 1.74. The molecule has 6 heteroatoms. The van der Waals surface area contributed by atoms with E-state index in [0.717, 1.165) is 24.5 Å². The highest BCUT2D eigenvalue weighted by Crippen LogP contribution is 2.23. The lowest BCUT2D eigenvalue weighted by atomic mass is 10.2. The van der Waals surface area contributed by atoms with Crippen molar-refractivity contribution in [3.8, 4) is 0 Å². The van der Waals surface area contributed by atoms with E-state index in [2.05, 4.69) is 21.4 Å². The van der Waals surface area contributed by atoms with E-state index < -0.39 is 0 Å². The Hall–Kier alpha value is -2.50. The van der Waals surface area contributed by atoms with Crippen LogP contribution in [0.15, 0.2) is 30.5 Å². The normalized spacial score (nSPS) is 14.4. The third kappa shape index (κ3) is 2.84. The number of amides is 1. The third-order valence-electron chi connectivity index (χ3n) is 3.65. The van der Waals surface area contributed by atoms with Gasteiger partial charge in [0.1, 0.15) is 0 Å². The summed E-state index contributed by atoms with van der Waals surface area (Å²) in [6, 6.07) is 7.88. The number of carbonyl (C=O) groups is 1. The Morgan fingerprint density at radius 1 is 1.33 bits per heavy atom. The zero-order chi connectivity index (χ0) is 14.8. The van der Waals surface area contributed by atoms with Crippen LogP contribution in [0.3, 0.4) is 0 Å². The zero-order valence-corrected chi connectivity index (χ0v) is 12.0. The maximum Gasteiger partial charge on any atom is 0.278 e. The van der Waals surface area contributed by atoms with Gasteiger partial charge in [-0.05, 0) is 31.0 Å². The summed E-state index contributed by atoms with van der Waals surface area (Å²) in [5.41, 5.74) is 8.30. The van der Waals surface area contributed by atoms with Gasteiger partial charge in [-0.3, -0.25) is 9.48 Å². The maximum absolute atomic E-state index is 12.2. The van der Waals surface area contributed by atoms with Crippen molar-refractivity contribution in [1.29, 1.82) is 0 Å². The molecule has 1 aliphatic heterocycles. The number of nitrogens with zero attached hydrogens (tertiary/aromatic N) is 3. The van der Waals surface area contributed by atoms with Crippen molar-refractivity contribution in [3.63, 3.8) is 0 Å². The maximum atomic E-state index is 12.2. The second-order valence-corrected chi connectivity index (χ2v) is 5.31. The lowest BCUT2D eigenvalue weighted by Gasteiger charge is -2.18. The molecule has 1 aromatic carbocycles. The smallest absolute Gasteiger partial charge is 0.278 e. The van der Waals surface area contributed by atoms with E-state index in [1.165, 1.54) is 17.5 Å². The van der Waals surface area contributed by atoms with E-state index in [0.29, 0.717) is 5.69 Å². The molecule has 1 aromatic heterocycles. The molecular weight excluding hydrogens is 266 g/mol. The molecule has 1 fully saturated rings. The first-order chi connectivity index (χ1) is 10.1. The second-order valence-electron chi connectivity index (χ2n) is 5.31. The number of aromatic nitrogens is 2. The zero-order valence-electron chi connectivity index (χ0n) is 12.0. The Morgan fingerprint density at radius 2 is 2.10 bits per heavy atom. The molecule has 110 valence electrons. The van der Waals surface area contributed by atoms with E-state index in [1.54, 1.807) is 13.2 Å². The lowest BCUT2D eigenvalue weighted by molar-refractivity contribution is 0.102. The highest BCUT2D eigenvalue weighted by atomic mass is 16.2. The first kappa shape index (κ1) is 13.5. The second kappa shape index (κ2) is 5.47. The van der Waals surface area contributed by atoms with E-state index in [9.17, 15) is 4.79 Å². The van der Waals surface area contributed by atoms with Crippen molar-refractivity contribution >= 4 is 23.0 Å². The summed E-state index contributed by atoms with van der Waals surface area (Å²) in [6.07, 6.45) is 4.07. The predicted octanol–water partition coefficient (Wildman–Crippen LogP) is 1.85. The van der Waals surface area contributed by atoms with Gasteiger partial charge in [0.05, 0.1) is 5.69 Å². The molecule has 6 nitrogen and oxygen atoms in total. The summed E-state index contributed by atoms with van der Waals surface area (Å²) in [6.45, 7) is 2.15. The standard InChI is InChI=1S/C15H19N5O/c1-19-10-13(16)14(18-19)15(21)17-11-5-4-6-12(9-11)20-7-2-3-8-20/h4-6,9-10H,2-3,7-8,16H2,1H3,(H,17,21). The average Bonchev–Trinajstić information content (AvgIpc) is 3.08. The van der Waals surface area contributed by atoms with E-state index >= 15 is 0 Å². The van der Waals surface area contributed by atoms with Crippen LogP contribution in [0.1, 0.15) is 23.3 Å². The molecule has 21 heavy (non-hydrogen) atoms. The van der Waals surface area contributed by atoms with Gasteiger partial charge in [0.2, 0.25) is 0 Å². The number of hydrogen-bond acceptors (Lipinski definition) is 4. The molecule has 2 aromatic rings. The van der Waals surface area contributed by atoms with Crippen molar-refractivity contribution < 1.29 is 4.79 Å². The molecule has 0 aliphatic carbocycles. The van der Waals surface area contributed by atoms with Crippen LogP contribution in [-0.2, 0) is 7.05 Å². The number of nitrogens with one attached hydrogen (secondary N) is 1. The number of nitrogens with two attached hydrogens (primary N) is 1. The predicted molar refractivity (Wildman–Crippen MR) is 83.5 cm³/mol. The molecule has 2 heterocycles. The minimum atomic E-state index is -0.285. The number of aryl methyl sites for hydroxylation is 1. The van der Waals surface area contributed by atoms with Crippen LogP contribution < -0.4 is 16.0 Å². The SMILES string of the molecule is Cn1cc(N)c(C(=O)Nc2cccc(N3CCCC3)c2)n1. The number of carbonyl (C=O) groups excluding carboxylic acids is 1. The molecule has 1 saturated heterocycles. The molecule has 0 unspecified atom stereocenters. The molecule has 0 spiro atoms. The Kier molecular flexibility index (Phi) is 3.51. The summed E-state index contributed by atoms with van der Waals surface area (Å²) in [4.78, 5) is 14.5. The van der Waals surface area contributed by atoms with Gasteiger partial charge in [-0.15, -0.1) is 0 Å². The summed E-state index contributed by atoms with van der Waals surface area (Å²) in [5.74, 6) is -0.285. The fourth-order valence-electron chi connectivity index (χ4n) is 2.63. The van der Waals surface area contributed by atoms with Gasteiger partial charge in [-0.2, -0.15) is 5.10 Å². The van der Waals surface area contributed by atoms with Gasteiger partial charge in [-0.1, -0.05) is 6.07 Å². The van der Waals surface area contributed by atoms with E-state index in [1.807, 2.05) is 18.2 Å². The fraction of sp³-hybridized carbons (Fsp3) is 0.333. The number of anilines is 3. The molecule has 0 radical (unpaired) electrons. The summed E-state index contributed by atoms with van der Waals surface area (Å²) >= 11 is 0. The van der Waals surface area contributed by atoms with Crippen LogP contribution in [0.2, 0.25) is 0 Å². The Morgan fingerprint density at radius 3 is 2.76 bits per heavy atom. The van der Waals surface area contributed by atoms with Gasteiger partial charge < -0.3 is 16.0 Å². The van der Waals surface area contributed by atoms with Crippen LogP contribution in [0.4, 0.5) is 17.1 Å². The van der Waals surface area contributed by atoms with E-state index in [4.69, 9.17) is 5.73 Å². The summed E-state index contributed by atoms with van der Waals surface area (Å²) in [5, 5.41) is 6.93. The van der Waals surface area contributed by atoms with Gasteiger partial charge in [0, 0.05) is 37.7 Å². The van der Waals surface area contributed by atoms with Crippen molar-refractivity contribution in [2.75, 3.05) is 29.0 Å². The van der Waals surface area contributed by atoms with E-state index in [-0.39, 0.29) is 11.6 Å². The molecule has 1 aliphatic rings. The van der Waals surface area contributed by atoms with Gasteiger partial charge >= 0.3 is 0 Å². The third-order valence-corrected chi connectivity index (χ3v) is 3.65. The minimum Gasteiger partial charge on any atom is -0.396 e. The average molecular weight is 285 g/mol. The van der Waals surface area contributed by atoms with Crippen molar-refractivity contribution in [2.45, 2.75) is 12.8 Å². The fourth-order valence-corrected chi connectivity index (χ4v) is 2.63. The van der Waals surface area contributed by atoms with Crippen LogP contribution in [0, 0.1) is 0 Å². The molecule has 3 rings (SSSR count). The Bertz CT molecular complexity index is 658. The van der Waals surface area contributed by atoms with Crippen LogP contribution in [-0.4, -0.2) is 28.8 Å². The summed E-state index contributed by atoms with van der Waals surface area (Å²) < 4.78 is 1.53. The minimum absolute atomic E-state index is 0.254. The van der Waals surface area contributed by atoms with Crippen LogP contribution >= 0.6 is 0 Å². The Labute approximate surface area is 123 Å². The Balaban J connectivity index is 1.77. The monoisotopic (exact) mass is 285 g/mol. The van der Waals surface area contributed by atoms with Crippen molar-refractivity contribution in [2.24, 2.45) is 7.05 Å². The first-order valence-corrected chi connectivity index (χ1v) is 7.09. The highest BCUT2D eigenvalue weighted by molar-refractivity contribution is 6.06. The quantitative estimate of drug-likeness (QED) is 0.902. The van der Waals surface area contributed by atoms with Gasteiger partial charge in [0.25, 0.3) is 5.91 Å². The largest absolute Gasteiger partial charge is 0.396 e. The molecule has 0 atom stereocenters. The highest BCUT2D eigenvalue weighted by Gasteiger charge is 2.16. The molecule has 1 amide bonds. The topological polar surface area (TPSA) is 76.2 Å². The lowest BCUT2D eigenvalue weighted by Crippen LogP contribution is -2.18. The molecule has 0 bridgehead atoms. The molecule has 0 saturated carbocycles. The van der Waals surface area contributed by atoms with Crippen LogP contribution in [0.5, 0.6) is 0 Å². The molecular formula is C15H19N5O. The van der Waals surface area contributed by atoms with Crippen molar-refractivity contribution in [1.82, 2.24) is 9.78 Å². The first-order valence-electron chi connectivity index (χ1n) is 7.09. The van der Waals surface area contributed by atoms with Gasteiger partial charge in [-0.25, -0.2) is 0 Å². The molecule has 3 N–H and O–H groups in total. The van der Waals surface area contributed by atoms with Crippen molar-refractivity contribution in [3.05, 3.63) is 36.2 Å². The number of hydrogen-bond donors (Lipinski definition) is 2. The van der Waals surface area contributed by atoms with Gasteiger partial charge in [0.15, 0.2) is 5.69 Å². The van der Waals surface area contributed by atoms with Crippen LogP contribution in [0.25, 0.3) is 0 Å². The number of rotatable bonds is 3. The number of benzene rings is 1. The number of nitrogen functional groups attached to an aromatic ring is 1.